The number of rotatable bonds is 5. The smallest absolute Gasteiger partial charge is 0.372 e. The van der Waals surface area contributed by atoms with Crippen LogP contribution >= 0.6 is 11.3 Å². The summed E-state index contributed by atoms with van der Waals surface area (Å²) in [5, 5.41) is 3.68. The Balaban J connectivity index is 2.48. The molecule has 0 saturated heterocycles. The van der Waals surface area contributed by atoms with Crippen molar-refractivity contribution < 1.29 is 17.9 Å². The van der Waals surface area contributed by atoms with Crippen LogP contribution in [0.3, 0.4) is 0 Å². The Hall–Kier alpha value is -0.590. The molecule has 0 aliphatic rings. The van der Waals surface area contributed by atoms with Crippen molar-refractivity contribution in [1.82, 2.24) is 0 Å². The van der Waals surface area contributed by atoms with Crippen LogP contribution in [0.4, 0.5) is 13.2 Å². The third-order valence-electron chi connectivity index (χ3n) is 2.03. The zero-order valence-electron chi connectivity index (χ0n) is 8.83. The third kappa shape index (κ3) is 4.51. The van der Waals surface area contributed by atoms with Crippen molar-refractivity contribution in [2.45, 2.75) is 31.7 Å². The average molecular weight is 253 g/mol. The van der Waals surface area contributed by atoms with Crippen molar-refractivity contribution in [2.75, 3.05) is 6.61 Å². The van der Waals surface area contributed by atoms with Gasteiger partial charge in [0.15, 0.2) is 0 Å². The fraction of sp³-hybridized carbons (Fsp3) is 0.600. The van der Waals surface area contributed by atoms with Crippen LogP contribution in [-0.4, -0.2) is 18.8 Å². The molecule has 0 saturated carbocycles. The molecule has 0 spiro atoms. The highest BCUT2D eigenvalue weighted by Gasteiger charge is 2.28. The lowest BCUT2D eigenvalue weighted by Gasteiger charge is -2.21. The predicted octanol–water partition coefficient (Wildman–Crippen LogP) is 3.11. The van der Waals surface area contributed by atoms with Crippen molar-refractivity contribution in [3.63, 3.8) is 0 Å². The minimum atomic E-state index is -4.18. The number of alkyl halides is 3. The molecule has 0 amide bonds. The van der Waals surface area contributed by atoms with E-state index < -0.39 is 18.7 Å². The first-order valence-corrected chi connectivity index (χ1v) is 5.80. The Morgan fingerprint density at radius 3 is 2.62 bits per heavy atom. The van der Waals surface area contributed by atoms with Crippen LogP contribution in [0.2, 0.25) is 0 Å². The summed E-state index contributed by atoms with van der Waals surface area (Å²) in [5.74, 6) is 0. The van der Waals surface area contributed by atoms with E-state index in [1.165, 1.54) is 11.3 Å². The second kappa shape index (κ2) is 5.65. The number of ether oxygens (including phenoxy) is 1. The molecule has 0 bridgehead atoms. The van der Waals surface area contributed by atoms with Gasteiger partial charge < -0.3 is 10.5 Å². The second-order valence-corrected chi connectivity index (χ2v) is 4.35. The van der Waals surface area contributed by atoms with E-state index in [1.54, 1.807) is 6.92 Å². The Kier molecular flexibility index (Phi) is 4.76. The minimum Gasteiger partial charge on any atom is -0.372 e. The molecule has 0 aliphatic carbocycles. The van der Waals surface area contributed by atoms with E-state index in [2.05, 4.69) is 0 Å². The van der Waals surface area contributed by atoms with E-state index >= 15 is 0 Å². The molecule has 1 aromatic rings. The monoisotopic (exact) mass is 253 g/mol. The summed E-state index contributed by atoms with van der Waals surface area (Å²) in [6, 6.07) is 1.48. The highest BCUT2D eigenvalue weighted by Crippen LogP contribution is 2.25. The first-order valence-electron chi connectivity index (χ1n) is 4.86. The van der Waals surface area contributed by atoms with Gasteiger partial charge in [-0.15, -0.1) is 0 Å². The van der Waals surface area contributed by atoms with Crippen LogP contribution in [0.15, 0.2) is 16.8 Å². The van der Waals surface area contributed by atoms with Crippen LogP contribution in [-0.2, 0) is 4.74 Å². The van der Waals surface area contributed by atoms with Gasteiger partial charge >= 0.3 is 6.18 Å². The number of hydrogen-bond acceptors (Lipinski definition) is 3. The van der Waals surface area contributed by atoms with Gasteiger partial charge in [0, 0.05) is 6.04 Å². The average Bonchev–Trinajstić information content (AvgIpc) is 2.62. The quantitative estimate of drug-likeness (QED) is 0.875. The van der Waals surface area contributed by atoms with Crippen molar-refractivity contribution in [1.29, 1.82) is 0 Å². The molecule has 2 nitrogen and oxygen atoms in total. The lowest BCUT2D eigenvalue weighted by Crippen LogP contribution is -2.27. The fourth-order valence-corrected chi connectivity index (χ4v) is 1.97. The van der Waals surface area contributed by atoms with E-state index in [9.17, 15) is 13.2 Å². The van der Waals surface area contributed by atoms with E-state index in [1.807, 2.05) is 16.8 Å². The van der Waals surface area contributed by atoms with Gasteiger partial charge in [0.2, 0.25) is 0 Å². The van der Waals surface area contributed by atoms with Crippen LogP contribution in [0.25, 0.3) is 0 Å². The molecule has 1 rings (SSSR count). The Labute approximate surface area is 96.2 Å². The van der Waals surface area contributed by atoms with Crippen LogP contribution in [0.1, 0.15) is 25.0 Å². The molecule has 0 aliphatic heterocycles. The van der Waals surface area contributed by atoms with Crippen molar-refractivity contribution in [3.05, 3.63) is 22.4 Å². The third-order valence-corrected chi connectivity index (χ3v) is 2.73. The lowest BCUT2D eigenvalue weighted by molar-refractivity contribution is -0.150. The second-order valence-electron chi connectivity index (χ2n) is 3.57. The summed E-state index contributed by atoms with van der Waals surface area (Å²) in [7, 11) is 0. The highest BCUT2D eigenvalue weighted by molar-refractivity contribution is 7.07. The molecule has 2 atom stereocenters. The molecule has 2 N–H and O–H groups in total. The maximum atomic E-state index is 11.9. The zero-order chi connectivity index (χ0) is 12.2. The first-order chi connectivity index (χ1) is 7.40. The standard InChI is InChI=1S/C10H14F3NOS/c1-7(14)9(8-2-5-16-6-8)15-4-3-10(11,12)13/h2,5-7,9H,3-4,14H2,1H3. The normalized spacial score (nSPS) is 16.1. The largest absolute Gasteiger partial charge is 0.391 e. The van der Waals surface area contributed by atoms with Gasteiger partial charge in [-0.25, -0.2) is 0 Å². The number of halogens is 3. The summed E-state index contributed by atoms with van der Waals surface area (Å²) in [4.78, 5) is 0. The minimum absolute atomic E-state index is 0.331. The molecule has 92 valence electrons. The molecule has 2 unspecified atom stereocenters. The van der Waals surface area contributed by atoms with E-state index in [0.29, 0.717) is 0 Å². The molecule has 1 heterocycles. The van der Waals surface area contributed by atoms with Gasteiger partial charge in [0.25, 0.3) is 0 Å². The van der Waals surface area contributed by atoms with Gasteiger partial charge in [-0.1, -0.05) is 0 Å². The summed E-state index contributed by atoms with van der Waals surface area (Å²) in [6.45, 7) is 1.36. The molecule has 0 radical (unpaired) electrons. The van der Waals surface area contributed by atoms with Crippen molar-refractivity contribution in [3.8, 4) is 0 Å². The molecule has 0 fully saturated rings. The van der Waals surface area contributed by atoms with Crippen LogP contribution in [0, 0.1) is 0 Å². The molecular formula is C10H14F3NOS. The predicted molar refractivity (Wildman–Crippen MR) is 57.3 cm³/mol. The van der Waals surface area contributed by atoms with E-state index in [4.69, 9.17) is 10.5 Å². The fourth-order valence-electron chi connectivity index (χ4n) is 1.29. The van der Waals surface area contributed by atoms with Crippen molar-refractivity contribution in [2.24, 2.45) is 5.73 Å². The maximum Gasteiger partial charge on any atom is 0.391 e. The topological polar surface area (TPSA) is 35.2 Å². The highest BCUT2D eigenvalue weighted by atomic mass is 32.1. The van der Waals surface area contributed by atoms with Gasteiger partial charge in [-0.05, 0) is 29.3 Å². The van der Waals surface area contributed by atoms with Crippen molar-refractivity contribution >= 4 is 11.3 Å². The number of hydrogen-bond donors (Lipinski definition) is 1. The maximum absolute atomic E-state index is 11.9. The van der Waals surface area contributed by atoms with Gasteiger partial charge in [0.1, 0.15) is 0 Å². The van der Waals surface area contributed by atoms with Gasteiger partial charge in [-0.3, -0.25) is 0 Å². The lowest BCUT2D eigenvalue weighted by atomic mass is 10.1. The van der Waals surface area contributed by atoms with Gasteiger partial charge in [-0.2, -0.15) is 24.5 Å². The number of thiophene rings is 1. The summed E-state index contributed by atoms with van der Waals surface area (Å²) in [5.41, 5.74) is 6.51. The van der Waals surface area contributed by atoms with E-state index in [-0.39, 0.29) is 12.6 Å². The summed E-state index contributed by atoms with van der Waals surface area (Å²) in [6.07, 6.45) is -5.59. The Bertz CT molecular complexity index is 298. The zero-order valence-corrected chi connectivity index (χ0v) is 9.65. The Morgan fingerprint density at radius 1 is 1.50 bits per heavy atom. The summed E-state index contributed by atoms with van der Waals surface area (Å²) >= 11 is 1.47. The molecule has 0 aromatic carbocycles. The first kappa shape index (κ1) is 13.5. The SMILES string of the molecule is CC(N)C(OCCC(F)(F)F)c1ccsc1. The molecule has 1 aromatic heterocycles. The van der Waals surface area contributed by atoms with Crippen LogP contribution in [0.5, 0.6) is 0 Å². The molecular weight excluding hydrogens is 239 g/mol. The molecule has 6 heteroatoms. The molecule has 16 heavy (non-hydrogen) atoms. The Morgan fingerprint density at radius 2 is 2.19 bits per heavy atom. The van der Waals surface area contributed by atoms with E-state index in [0.717, 1.165) is 5.56 Å². The summed E-state index contributed by atoms with van der Waals surface area (Å²) < 4.78 is 41.0. The number of nitrogens with two attached hydrogens (primary N) is 1. The van der Waals surface area contributed by atoms with Gasteiger partial charge in [0.05, 0.1) is 19.1 Å². The van der Waals surface area contributed by atoms with Crippen LogP contribution < -0.4 is 5.73 Å².